The lowest BCUT2D eigenvalue weighted by Crippen LogP contribution is -2.41. The van der Waals surface area contributed by atoms with Crippen LogP contribution in [0.4, 0.5) is 0 Å². The van der Waals surface area contributed by atoms with Crippen molar-refractivity contribution in [3.05, 3.63) is 17.7 Å². The Balaban J connectivity index is 2.23. The van der Waals surface area contributed by atoms with E-state index in [1.807, 2.05) is 19.1 Å². The fourth-order valence-electron chi connectivity index (χ4n) is 3.04. The third kappa shape index (κ3) is 3.84. The van der Waals surface area contributed by atoms with Crippen molar-refractivity contribution in [1.29, 1.82) is 0 Å². The molecule has 5 nitrogen and oxygen atoms in total. The van der Waals surface area contributed by atoms with Gasteiger partial charge in [-0.15, -0.1) is 0 Å². The maximum atomic E-state index is 10.2. The highest BCUT2D eigenvalue weighted by atomic mass is 16.5. The second kappa shape index (κ2) is 7.70. The fraction of sp³-hybridized carbons (Fsp3) is 0.647. The molecule has 0 bridgehead atoms. The molecule has 0 spiro atoms. The molecule has 0 radical (unpaired) electrons. The van der Waals surface area contributed by atoms with Crippen molar-refractivity contribution < 1.29 is 19.3 Å². The molecule has 5 heteroatoms. The van der Waals surface area contributed by atoms with Gasteiger partial charge in [-0.2, -0.15) is 0 Å². The van der Waals surface area contributed by atoms with Crippen LogP contribution in [0.25, 0.3) is 0 Å². The van der Waals surface area contributed by atoms with Gasteiger partial charge in [0, 0.05) is 19.0 Å². The van der Waals surface area contributed by atoms with Crippen molar-refractivity contribution in [2.45, 2.75) is 25.9 Å². The summed E-state index contributed by atoms with van der Waals surface area (Å²) >= 11 is 0. The van der Waals surface area contributed by atoms with E-state index < -0.39 is 0 Å². The molecule has 0 amide bonds. The van der Waals surface area contributed by atoms with Crippen LogP contribution in [0.2, 0.25) is 0 Å². The highest BCUT2D eigenvalue weighted by molar-refractivity contribution is 5.54. The number of benzene rings is 1. The van der Waals surface area contributed by atoms with Crippen LogP contribution in [0.15, 0.2) is 12.1 Å². The number of methoxy groups -OCH3 is 2. The number of rotatable bonds is 6. The summed E-state index contributed by atoms with van der Waals surface area (Å²) < 4.78 is 16.5. The zero-order valence-corrected chi connectivity index (χ0v) is 14.0. The molecule has 1 N–H and O–H groups in total. The number of aliphatic hydroxyl groups excluding tert-OH is 1. The van der Waals surface area contributed by atoms with E-state index in [-0.39, 0.29) is 12.0 Å². The lowest BCUT2D eigenvalue weighted by molar-refractivity contribution is 0.0366. The van der Waals surface area contributed by atoms with E-state index in [9.17, 15) is 5.11 Å². The third-order valence-electron chi connectivity index (χ3n) is 4.20. The maximum absolute atomic E-state index is 10.2. The van der Waals surface area contributed by atoms with E-state index >= 15 is 0 Å². The number of aliphatic hydroxyl groups is 1. The molecule has 1 aliphatic rings. The lowest BCUT2D eigenvalue weighted by atomic mass is 9.89. The van der Waals surface area contributed by atoms with Crippen molar-refractivity contribution in [3.8, 4) is 17.2 Å². The van der Waals surface area contributed by atoms with Crippen LogP contribution in [0.3, 0.4) is 0 Å². The van der Waals surface area contributed by atoms with E-state index in [2.05, 4.69) is 11.9 Å². The molecule has 22 heavy (non-hydrogen) atoms. The molecule has 0 aliphatic carbocycles. The molecule has 2 atom stereocenters. The van der Waals surface area contributed by atoms with Gasteiger partial charge in [0.1, 0.15) is 0 Å². The van der Waals surface area contributed by atoms with Gasteiger partial charge in [-0.25, -0.2) is 0 Å². The highest BCUT2D eigenvalue weighted by Crippen LogP contribution is 2.39. The second-order valence-corrected chi connectivity index (χ2v) is 5.84. The van der Waals surface area contributed by atoms with Crippen LogP contribution in [-0.4, -0.2) is 57.1 Å². The monoisotopic (exact) mass is 309 g/mol. The summed E-state index contributed by atoms with van der Waals surface area (Å²) in [7, 11) is 5.35. The summed E-state index contributed by atoms with van der Waals surface area (Å²) in [6.45, 7) is 4.34. The molecule has 0 saturated carbocycles. The van der Waals surface area contributed by atoms with Gasteiger partial charge in [0.25, 0.3) is 0 Å². The van der Waals surface area contributed by atoms with E-state index in [4.69, 9.17) is 14.2 Å². The Morgan fingerprint density at radius 3 is 2.41 bits per heavy atom. The smallest absolute Gasteiger partial charge is 0.203 e. The Morgan fingerprint density at radius 2 is 1.86 bits per heavy atom. The summed E-state index contributed by atoms with van der Waals surface area (Å²) in [6.07, 6.45) is 1.37. The SMILES string of the molecule is CCOc1c(OC)cc(CC2CN(C)CCC2O)cc1OC. The summed E-state index contributed by atoms with van der Waals surface area (Å²) in [5.74, 6) is 2.22. The first kappa shape index (κ1) is 16.9. The van der Waals surface area contributed by atoms with E-state index in [0.717, 1.165) is 31.5 Å². The van der Waals surface area contributed by atoms with Gasteiger partial charge >= 0.3 is 0 Å². The standard InChI is InChI=1S/C17H27NO4/c1-5-22-17-15(20-3)9-12(10-16(17)21-4)8-13-11-18(2)7-6-14(13)19/h9-10,13-14,19H,5-8,11H2,1-4H3. The first-order valence-electron chi connectivity index (χ1n) is 7.83. The summed E-state index contributed by atoms with van der Waals surface area (Å²) in [4.78, 5) is 2.26. The molecule has 2 rings (SSSR count). The molecule has 1 saturated heterocycles. The average Bonchev–Trinajstić information content (AvgIpc) is 2.52. The third-order valence-corrected chi connectivity index (χ3v) is 4.20. The maximum Gasteiger partial charge on any atom is 0.203 e. The molecule has 0 aromatic heterocycles. The fourth-order valence-corrected chi connectivity index (χ4v) is 3.04. The Hall–Kier alpha value is -1.46. The van der Waals surface area contributed by atoms with E-state index in [0.29, 0.717) is 23.9 Å². The van der Waals surface area contributed by atoms with Gasteiger partial charge in [0.05, 0.1) is 26.9 Å². The van der Waals surface area contributed by atoms with Gasteiger partial charge in [0.15, 0.2) is 11.5 Å². The summed E-state index contributed by atoms with van der Waals surface area (Å²) in [5, 5.41) is 10.2. The number of hydrogen-bond acceptors (Lipinski definition) is 5. The Labute approximate surface area is 132 Å². The van der Waals surface area contributed by atoms with Crippen molar-refractivity contribution in [2.75, 3.05) is 41.0 Å². The topological polar surface area (TPSA) is 51.2 Å². The quantitative estimate of drug-likeness (QED) is 0.870. The van der Waals surface area contributed by atoms with Crippen molar-refractivity contribution in [2.24, 2.45) is 5.92 Å². The minimum absolute atomic E-state index is 0.228. The predicted octanol–water partition coefficient (Wildman–Crippen LogP) is 1.96. The van der Waals surface area contributed by atoms with Gasteiger partial charge in [-0.3, -0.25) is 0 Å². The highest BCUT2D eigenvalue weighted by Gasteiger charge is 2.27. The van der Waals surface area contributed by atoms with Gasteiger partial charge < -0.3 is 24.2 Å². The van der Waals surface area contributed by atoms with Gasteiger partial charge in [-0.05, 0) is 44.5 Å². The largest absolute Gasteiger partial charge is 0.493 e. The normalized spacial score (nSPS) is 22.4. The number of piperidine rings is 1. The Kier molecular flexibility index (Phi) is 5.91. The minimum Gasteiger partial charge on any atom is -0.493 e. The molecule has 1 aromatic rings. The average molecular weight is 309 g/mol. The first-order valence-corrected chi connectivity index (χ1v) is 7.83. The molecular weight excluding hydrogens is 282 g/mol. The van der Waals surface area contributed by atoms with Crippen LogP contribution >= 0.6 is 0 Å². The molecule has 1 heterocycles. The number of likely N-dealkylation sites (tertiary alicyclic amines) is 1. The van der Waals surface area contributed by atoms with Crippen LogP contribution in [0.5, 0.6) is 17.2 Å². The van der Waals surface area contributed by atoms with Gasteiger partial charge in [0.2, 0.25) is 5.75 Å². The van der Waals surface area contributed by atoms with Crippen LogP contribution in [0.1, 0.15) is 18.9 Å². The Bertz CT molecular complexity index is 467. The van der Waals surface area contributed by atoms with Gasteiger partial charge in [-0.1, -0.05) is 0 Å². The molecule has 124 valence electrons. The zero-order valence-electron chi connectivity index (χ0n) is 14.0. The lowest BCUT2D eigenvalue weighted by Gasteiger charge is -2.34. The summed E-state index contributed by atoms with van der Waals surface area (Å²) in [5.41, 5.74) is 1.09. The van der Waals surface area contributed by atoms with Crippen molar-refractivity contribution in [1.82, 2.24) is 4.90 Å². The van der Waals surface area contributed by atoms with Crippen molar-refractivity contribution >= 4 is 0 Å². The minimum atomic E-state index is -0.250. The molecule has 1 aliphatic heterocycles. The molecule has 2 unspecified atom stereocenters. The zero-order chi connectivity index (χ0) is 16.1. The molecule has 1 fully saturated rings. The van der Waals surface area contributed by atoms with Crippen LogP contribution in [-0.2, 0) is 6.42 Å². The summed E-state index contributed by atoms with van der Waals surface area (Å²) in [6, 6.07) is 3.96. The molecule has 1 aromatic carbocycles. The second-order valence-electron chi connectivity index (χ2n) is 5.84. The molecular formula is C17H27NO4. The van der Waals surface area contributed by atoms with E-state index in [1.54, 1.807) is 14.2 Å². The Morgan fingerprint density at radius 1 is 1.23 bits per heavy atom. The van der Waals surface area contributed by atoms with Crippen molar-refractivity contribution in [3.63, 3.8) is 0 Å². The van der Waals surface area contributed by atoms with Crippen LogP contribution < -0.4 is 14.2 Å². The van der Waals surface area contributed by atoms with E-state index in [1.165, 1.54) is 0 Å². The predicted molar refractivity (Wildman–Crippen MR) is 86.0 cm³/mol. The number of nitrogens with zero attached hydrogens (tertiary/aromatic N) is 1. The number of ether oxygens (including phenoxy) is 3. The first-order chi connectivity index (χ1) is 10.6. The van der Waals surface area contributed by atoms with Crippen LogP contribution in [0, 0.1) is 5.92 Å². The number of hydrogen-bond donors (Lipinski definition) is 1.